The molecule has 0 bridgehead atoms. The number of phenolic OH excluding ortho intramolecular Hbond substituents is 1. The minimum absolute atomic E-state index is 0.0833. The lowest BCUT2D eigenvalue weighted by Crippen LogP contribution is -1.96. The fourth-order valence-corrected chi connectivity index (χ4v) is 2.17. The molecule has 3 rings (SSSR count). The van der Waals surface area contributed by atoms with E-state index in [0.717, 1.165) is 11.0 Å². The van der Waals surface area contributed by atoms with E-state index >= 15 is 0 Å². The van der Waals surface area contributed by atoms with Gasteiger partial charge in [-0.25, -0.2) is 0 Å². The molecule has 0 unspecified atom stereocenters. The van der Waals surface area contributed by atoms with Crippen molar-refractivity contribution in [1.29, 1.82) is 0 Å². The standard InChI is InChI=1S/C18H14O4/c1-21-13-6-8-16(19)15(11-13)17(20)9-7-14-10-12-4-2-3-5-18(12)22-14/h2-11,19H,1H3/b9-7+. The molecule has 0 fully saturated rings. The van der Waals surface area contributed by atoms with Crippen molar-refractivity contribution in [2.24, 2.45) is 0 Å². The Morgan fingerprint density at radius 3 is 2.77 bits per heavy atom. The number of ether oxygens (including phenoxy) is 1. The highest BCUT2D eigenvalue weighted by atomic mass is 16.5. The number of benzene rings is 2. The highest BCUT2D eigenvalue weighted by Crippen LogP contribution is 2.24. The van der Waals surface area contributed by atoms with Gasteiger partial charge in [-0.1, -0.05) is 18.2 Å². The van der Waals surface area contributed by atoms with Crippen LogP contribution in [0.5, 0.6) is 11.5 Å². The molecular weight excluding hydrogens is 280 g/mol. The van der Waals surface area contributed by atoms with Crippen LogP contribution >= 0.6 is 0 Å². The average molecular weight is 294 g/mol. The number of furan rings is 1. The Labute approximate surface area is 127 Å². The second-order valence-corrected chi connectivity index (χ2v) is 4.77. The second kappa shape index (κ2) is 5.77. The van der Waals surface area contributed by atoms with Crippen LogP contribution in [0.3, 0.4) is 0 Å². The zero-order valence-electron chi connectivity index (χ0n) is 11.9. The molecule has 0 aliphatic carbocycles. The van der Waals surface area contributed by atoms with Crippen LogP contribution in [-0.4, -0.2) is 18.0 Å². The molecular formula is C18H14O4. The molecule has 4 heteroatoms. The van der Waals surface area contributed by atoms with E-state index < -0.39 is 0 Å². The zero-order chi connectivity index (χ0) is 15.5. The van der Waals surface area contributed by atoms with Gasteiger partial charge in [-0.3, -0.25) is 4.79 Å². The van der Waals surface area contributed by atoms with E-state index in [1.807, 2.05) is 30.3 Å². The maximum Gasteiger partial charge on any atom is 0.189 e. The molecule has 0 atom stereocenters. The Balaban J connectivity index is 1.87. The summed E-state index contributed by atoms with van der Waals surface area (Å²) in [6, 6.07) is 14.0. The quantitative estimate of drug-likeness (QED) is 0.582. The third-order valence-electron chi connectivity index (χ3n) is 3.31. The summed E-state index contributed by atoms with van der Waals surface area (Å²) in [5.74, 6) is 0.687. The molecule has 0 saturated heterocycles. The first-order chi connectivity index (χ1) is 10.7. The minimum atomic E-state index is -0.322. The van der Waals surface area contributed by atoms with Crippen LogP contribution in [0.2, 0.25) is 0 Å². The number of methoxy groups -OCH3 is 1. The molecule has 22 heavy (non-hydrogen) atoms. The molecule has 3 aromatic rings. The number of phenols is 1. The van der Waals surface area contributed by atoms with E-state index in [-0.39, 0.29) is 17.1 Å². The molecule has 1 aromatic heterocycles. The highest BCUT2D eigenvalue weighted by Gasteiger charge is 2.10. The third-order valence-corrected chi connectivity index (χ3v) is 3.31. The number of rotatable bonds is 4. The van der Waals surface area contributed by atoms with Crippen LogP contribution in [0, 0.1) is 0 Å². The van der Waals surface area contributed by atoms with Gasteiger partial charge in [-0.2, -0.15) is 0 Å². The first kappa shape index (κ1) is 13.9. The van der Waals surface area contributed by atoms with E-state index in [2.05, 4.69) is 0 Å². The zero-order valence-corrected chi connectivity index (χ0v) is 11.9. The predicted molar refractivity (Wildman–Crippen MR) is 84.2 cm³/mol. The molecule has 1 N–H and O–H groups in total. The van der Waals surface area contributed by atoms with Gasteiger partial charge in [0.15, 0.2) is 5.78 Å². The number of fused-ring (bicyclic) bond motifs is 1. The van der Waals surface area contributed by atoms with Gasteiger partial charge in [0.05, 0.1) is 12.7 Å². The van der Waals surface area contributed by atoms with Crippen LogP contribution in [0.4, 0.5) is 0 Å². The van der Waals surface area contributed by atoms with Crippen molar-refractivity contribution in [3.63, 3.8) is 0 Å². The van der Waals surface area contributed by atoms with Crippen LogP contribution < -0.4 is 4.74 Å². The van der Waals surface area contributed by atoms with E-state index in [1.54, 1.807) is 12.1 Å². The van der Waals surface area contributed by atoms with Crippen molar-refractivity contribution in [2.45, 2.75) is 0 Å². The first-order valence-corrected chi connectivity index (χ1v) is 6.75. The number of hydrogen-bond donors (Lipinski definition) is 1. The maximum absolute atomic E-state index is 12.2. The van der Waals surface area contributed by atoms with Crippen molar-refractivity contribution in [3.05, 3.63) is 65.9 Å². The molecule has 0 saturated carbocycles. The van der Waals surface area contributed by atoms with E-state index in [1.165, 1.54) is 25.3 Å². The number of ketones is 1. The number of para-hydroxylation sites is 1. The summed E-state index contributed by atoms with van der Waals surface area (Å²) in [4.78, 5) is 12.2. The lowest BCUT2D eigenvalue weighted by Gasteiger charge is -2.03. The van der Waals surface area contributed by atoms with Crippen molar-refractivity contribution in [1.82, 2.24) is 0 Å². The largest absolute Gasteiger partial charge is 0.507 e. The van der Waals surface area contributed by atoms with Crippen LogP contribution in [0.25, 0.3) is 17.0 Å². The lowest BCUT2D eigenvalue weighted by atomic mass is 10.1. The molecule has 2 aromatic carbocycles. The number of hydrogen-bond acceptors (Lipinski definition) is 4. The number of carbonyl (C=O) groups excluding carboxylic acids is 1. The summed E-state index contributed by atoms with van der Waals surface area (Å²) in [5, 5.41) is 10.7. The van der Waals surface area contributed by atoms with Gasteiger partial charge in [0, 0.05) is 5.39 Å². The highest BCUT2D eigenvalue weighted by molar-refractivity contribution is 6.08. The summed E-state index contributed by atoms with van der Waals surface area (Å²) < 4.78 is 10.7. The summed E-state index contributed by atoms with van der Waals surface area (Å²) >= 11 is 0. The maximum atomic E-state index is 12.2. The van der Waals surface area contributed by atoms with Crippen LogP contribution in [-0.2, 0) is 0 Å². The van der Waals surface area contributed by atoms with Crippen molar-refractivity contribution < 1.29 is 19.1 Å². The lowest BCUT2D eigenvalue weighted by molar-refractivity contribution is 0.104. The summed E-state index contributed by atoms with van der Waals surface area (Å²) in [7, 11) is 1.50. The summed E-state index contributed by atoms with van der Waals surface area (Å²) in [6.07, 6.45) is 2.95. The minimum Gasteiger partial charge on any atom is -0.507 e. The molecule has 110 valence electrons. The van der Waals surface area contributed by atoms with Crippen molar-refractivity contribution in [3.8, 4) is 11.5 Å². The number of aromatic hydroxyl groups is 1. The van der Waals surface area contributed by atoms with Crippen molar-refractivity contribution >= 4 is 22.8 Å². The summed E-state index contributed by atoms with van der Waals surface area (Å²) in [6.45, 7) is 0. The van der Waals surface area contributed by atoms with Gasteiger partial charge in [-0.05, 0) is 42.5 Å². The first-order valence-electron chi connectivity index (χ1n) is 6.75. The second-order valence-electron chi connectivity index (χ2n) is 4.77. The normalized spacial score (nSPS) is 11.1. The SMILES string of the molecule is COc1ccc(O)c(C(=O)/C=C/c2cc3ccccc3o2)c1. The topological polar surface area (TPSA) is 59.7 Å². The third kappa shape index (κ3) is 2.72. The van der Waals surface area contributed by atoms with Gasteiger partial charge < -0.3 is 14.3 Å². The van der Waals surface area contributed by atoms with E-state index in [4.69, 9.17) is 9.15 Å². The number of allylic oxidation sites excluding steroid dienone is 1. The molecule has 0 spiro atoms. The van der Waals surface area contributed by atoms with Crippen LogP contribution in [0.1, 0.15) is 16.1 Å². The van der Waals surface area contributed by atoms with Gasteiger partial charge in [0.1, 0.15) is 22.8 Å². The Hall–Kier alpha value is -3.01. The summed E-state index contributed by atoms with van der Waals surface area (Å²) in [5.41, 5.74) is 0.950. The Morgan fingerprint density at radius 1 is 1.18 bits per heavy atom. The molecule has 0 amide bonds. The monoisotopic (exact) mass is 294 g/mol. The van der Waals surface area contributed by atoms with E-state index in [9.17, 15) is 9.90 Å². The molecule has 0 aliphatic heterocycles. The van der Waals surface area contributed by atoms with Gasteiger partial charge in [-0.15, -0.1) is 0 Å². The average Bonchev–Trinajstić information content (AvgIpc) is 2.96. The molecule has 1 heterocycles. The molecule has 0 aliphatic rings. The number of carbonyl (C=O) groups is 1. The Morgan fingerprint density at radius 2 is 2.00 bits per heavy atom. The van der Waals surface area contributed by atoms with Gasteiger partial charge in [0.2, 0.25) is 0 Å². The van der Waals surface area contributed by atoms with E-state index in [0.29, 0.717) is 11.5 Å². The van der Waals surface area contributed by atoms with Crippen molar-refractivity contribution in [2.75, 3.05) is 7.11 Å². The molecule has 0 radical (unpaired) electrons. The Bertz CT molecular complexity index is 825. The van der Waals surface area contributed by atoms with Gasteiger partial charge >= 0.3 is 0 Å². The Kier molecular flexibility index (Phi) is 3.66. The predicted octanol–water partition coefficient (Wildman–Crippen LogP) is 4.04. The fourth-order valence-electron chi connectivity index (χ4n) is 2.17. The van der Waals surface area contributed by atoms with Gasteiger partial charge in [0.25, 0.3) is 0 Å². The van der Waals surface area contributed by atoms with Crippen LogP contribution in [0.15, 0.2) is 59.0 Å². The smallest absolute Gasteiger partial charge is 0.189 e. The fraction of sp³-hybridized carbons (Fsp3) is 0.0556. The molecule has 4 nitrogen and oxygen atoms in total.